The second-order valence-corrected chi connectivity index (χ2v) is 5.02. The maximum atomic E-state index is 10.9. The second-order valence-electron chi connectivity index (χ2n) is 4.78. The second kappa shape index (κ2) is 6.33. The van der Waals surface area contributed by atoms with Crippen molar-refractivity contribution in [3.8, 4) is 0 Å². The number of ether oxygens (including phenoxy) is 1. The summed E-state index contributed by atoms with van der Waals surface area (Å²) in [7, 11) is 0. The van der Waals surface area contributed by atoms with Crippen molar-refractivity contribution in [2.24, 2.45) is 4.99 Å². The average Bonchev–Trinajstić information content (AvgIpc) is 2.89. The van der Waals surface area contributed by atoms with Crippen molar-refractivity contribution in [1.29, 1.82) is 0 Å². The van der Waals surface area contributed by atoms with Gasteiger partial charge in [-0.1, -0.05) is 0 Å². The van der Waals surface area contributed by atoms with Crippen LogP contribution in [0.1, 0.15) is 16.1 Å². The molecule has 0 aliphatic carbocycles. The number of carbonyl (C=O) groups excluding carboxylic acids is 1. The van der Waals surface area contributed by atoms with Gasteiger partial charge in [0.1, 0.15) is 6.00 Å². The van der Waals surface area contributed by atoms with Gasteiger partial charge in [-0.3, -0.25) is 4.79 Å². The van der Waals surface area contributed by atoms with E-state index in [0.29, 0.717) is 66.5 Å². The Balaban J connectivity index is 2.07. The number of furan rings is 1. The first-order valence-corrected chi connectivity index (χ1v) is 7.34. The van der Waals surface area contributed by atoms with Crippen molar-refractivity contribution in [2.75, 3.05) is 38.0 Å². The zero-order valence-corrected chi connectivity index (χ0v) is 12.5. The summed E-state index contributed by atoms with van der Waals surface area (Å²) in [6, 6.07) is 1.74. The van der Waals surface area contributed by atoms with Gasteiger partial charge >= 0.3 is 0 Å². The lowest BCUT2D eigenvalue weighted by atomic mass is 10.2. The van der Waals surface area contributed by atoms with Gasteiger partial charge in [-0.25, -0.2) is 9.98 Å². The predicted octanol–water partition coefficient (Wildman–Crippen LogP) is 1.50. The van der Waals surface area contributed by atoms with Crippen LogP contribution >= 0.6 is 11.6 Å². The minimum atomic E-state index is 0.0934. The molecule has 0 unspecified atom stereocenters. The molecular weight excluding hydrogens is 308 g/mol. The van der Waals surface area contributed by atoms with Crippen LogP contribution in [0.2, 0.25) is 0 Å². The largest absolute Gasteiger partial charge is 0.432 e. The molecular formula is C14H15ClN4O3. The molecule has 2 aromatic rings. The van der Waals surface area contributed by atoms with Gasteiger partial charge < -0.3 is 19.8 Å². The van der Waals surface area contributed by atoms with E-state index in [-0.39, 0.29) is 6.00 Å². The molecule has 8 heteroatoms. The number of alkyl halides is 1. The normalized spacial score (nSPS) is 16.2. The van der Waals surface area contributed by atoms with Gasteiger partial charge in [0.2, 0.25) is 5.71 Å². The molecule has 1 saturated heterocycles. The first-order valence-electron chi connectivity index (χ1n) is 6.81. The smallest absolute Gasteiger partial charge is 0.229 e. The van der Waals surface area contributed by atoms with Gasteiger partial charge in [-0.05, 0) is 6.07 Å². The Labute approximate surface area is 131 Å². The van der Waals surface area contributed by atoms with E-state index in [0.717, 1.165) is 0 Å². The number of nitrogens with zero attached hydrogens (tertiary/aromatic N) is 3. The van der Waals surface area contributed by atoms with Gasteiger partial charge in [-0.2, -0.15) is 0 Å². The minimum Gasteiger partial charge on any atom is -0.432 e. The zero-order valence-electron chi connectivity index (χ0n) is 11.8. The molecule has 2 aromatic heterocycles. The van der Waals surface area contributed by atoms with E-state index in [2.05, 4.69) is 9.98 Å². The molecule has 1 aliphatic rings. The van der Waals surface area contributed by atoms with E-state index in [1.807, 2.05) is 4.90 Å². The summed E-state index contributed by atoms with van der Waals surface area (Å²) in [4.78, 5) is 21.3. The Kier molecular flexibility index (Phi) is 4.26. The Hall–Kier alpha value is -2.12. The van der Waals surface area contributed by atoms with E-state index in [9.17, 15) is 4.79 Å². The standard InChI is InChI=1S/C14H15ClN4O3/c15-8-18-13(19-1-3-21-4-2-19)12-11(16)10-5-9(7-20)6-17-14(10)22-12/h5-7H,1-4,8,16H2. The molecule has 116 valence electrons. The average molecular weight is 323 g/mol. The first kappa shape index (κ1) is 14.8. The fourth-order valence-corrected chi connectivity index (χ4v) is 2.51. The number of hydrogen-bond donors (Lipinski definition) is 1. The van der Waals surface area contributed by atoms with Crippen molar-refractivity contribution in [3.05, 3.63) is 23.6 Å². The third-order valence-electron chi connectivity index (χ3n) is 3.47. The molecule has 0 aromatic carbocycles. The Morgan fingerprint density at radius 3 is 2.95 bits per heavy atom. The monoisotopic (exact) mass is 322 g/mol. The summed E-state index contributed by atoms with van der Waals surface area (Å²) in [5.41, 5.74) is 7.38. The molecule has 0 spiro atoms. The molecule has 22 heavy (non-hydrogen) atoms. The van der Waals surface area contributed by atoms with Crippen molar-refractivity contribution in [3.63, 3.8) is 0 Å². The van der Waals surface area contributed by atoms with Crippen LogP contribution in [0.15, 0.2) is 21.7 Å². The maximum Gasteiger partial charge on any atom is 0.229 e. The van der Waals surface area contributed by atoms with E-state index in [1.54, 1.807) is 6.07 Å². The number of nitrogen functional groups attached to an aromatic ring is 1. The third-order valence-corrected chi connectivity index (χ3v) is 3.58. The van der Waals surface area contributed by atoms with Gasteiger partial charge in [0.15, 0.2) is 17.9 Å². The highest BCUT2D eigenvalue weighted by Crippen LogP contribution is 2.29. The number of nitrogens with two attached hydrogens (primary N) is 1. The van der Waals surface area contributed by atoms with E-state index < -0.39 is 0 Å². The van der Waals surface area contributed by atoms with Crippen LogP contribution in [0.3, 0.4) is 0 Å². The molecule has 2 N–H and O–H groups in total. The predicted molar refractivity (Wildman–Crippen MR) is 83.5 cm³/mol. The summed E-state index contributed by atoms with van der Waals surface area (Å²) in [6.45, 7) is 2.57. The lowest BCUT2D eigenvalue weighted by molar-refractivity contribution is 0.0678. The van der Waals surface area contributed by atoms with Crippen LogP contribution < -0.4 is 5.73 Å². The highest BCUT2D eigenvalue weighted by Gasteiger charge is 2.24. The molecule has 0 bridgehead atoms. The quantitative estimate of drug-likeness (QED) is 0.302. The molecule has 1 fully saturated rings. The molecule has 3 rings (SSSR count). The van der Waals surface area contributed by atoms with Gasteiger partial charge in [0.05, 0.1) is 24.3 Å². The third kappa shape index (κ3) is 2.65. The lowest BCUT2D eigenvalue weighted by Gasteiger charge is -2.28. The lowest BCUT2D eigenvalue weighted by Crippen LogP contribution is -2.41. The molecule has 3 heterocycles. The first-order chi connectivity index (χ1) is 10.7. The highest BCUT2D eigenvalue weighted by molar-refractivity contribution is 6.19. The summed E-state index contributed by atoms with van der Waals surface area (Å²) in [6.07, 6.45) is 2.16. The Bertz CT molecular complexity index is 722. The fourth-order valence-electron chi connectivity index (χ4n) is 2.39. The number of aliphatic imine (C=N–C) groups is 1. The van der Waals surface area contributed by atoms with Crippen LogP contribution in [0.5, 0.6) is 0 Å². The zero-order chi connectivity index (χ0) is 15.5. The molecule has 0 atom stereocenters. The summed E-state index contributed by atoms with van der Waals surface area (Å²) >= 11 is 5.77. The van der Waals surface area contributed by atoms with Crippen molar-refractivity contribution in [2.45, 2.75) is 0 Å². The van der Waals surface area contributed by atoms with Crippen LogP contribution in [0, 0.1) is 0 Å². The number of amidine groups is 1. The molecule has 0 radical (unpaired) electrons. The number of hydrogen-bond acceptors (Lipinski definition) is 6. The van der Waals surface area contributed by atoms with Gasteiger partial charge in [0.25, 0.3) is 0 Å². The Morgan fingerprint density at radius 2 is 2.27 bits per heavy atom. The molecule has 0 amide bonds. The van der Waals surface area contributed by atoms with E-state index in [4.69, 9.17) is 26.5 Å². The van der Waals surface area contributed by atoms with Crippen LogP contribution in [0.25, 0.3) is 11.1 Å². The number of pyridine rings is 1. The van der Waals surface area contributed by atoms with Crippen LogP contribution in [0.4, 0.5) is 5.69 Å². The van der Waals surface area contributed by atoms with Crippen LogP contribution in [-0.2, 0) is 4.74 Å². The van der Waals surface area contributed by atoms with Crippen molar-refractivity contribution in [1.82, 2.24) is 9.88 Å². The minimum absolute atomic E-state index is 0.0934. The summed E-state index contributed by atoms with van der Waals surface area (Å²) < 4.78 is 11.1. The molecule has 1 aliphatic heterocycles. The fraction of sp³-hybridized carbons (Fsp3) is 0.357. The van der Waals surface area contributed by atoms with Crippen molar-refractivity contribution < 1.29 is 13.9 Å². The van der Waals surface area contributed by atoms with Crippen LogP contribution in [-0.4, -0.2) is 54.3 Å². The highest BCUT2D eigenvalue weighted by atomic mass is 35.5. The number of rotatable bonds is 3. The van der Waals surface area contributed by atoms with Crippen molar-refractivity contribution >= 4 is 40.5 Å². The summed E-state index contributed by atoms with van der Waals surface area (Å²) in [5.74, 6) is 1.01. The van der Waals surface area contributed by atoms with Gasteiger partial charge in [-0.15, -0.1) is 11.6 Å². The van der Waals surface area contributed by atoms with E-state index >= 15 is 0 Å². The number of morpholine rings is 1. The van der Waals surface area contributed by atoms with E-state index in [1.165, 1.54) is 6.20 Å². The molecule has 7 nitrogen and oxygen atoms in total. The number of aldehydes is 1. The topological polar surface area (TPSA) is 93.9 Å². The number of aromatic nitrogens is 1. The Morgan fingerprint density at radius 1 is 1.50 bits per heavy atom. The molecule has 0 saturated carbocycles. The number of anilines is 1. The number of halogens is 1. The number of carbonyl (C=O) groups is 1. The summed E-state index contributed by atoms with van der Waals surface area (Å²) in [5, 5.41) is 0.593. The maximum absolute atomic E-state index is 10.9. The number of fused-ring (bicyclic) bond motifs is 1. The SMILES string of the molecule is Nc1c(C(=NCCl)N2CCOCC2)oc2ncc(C=O)cc12. The van der Waals surface area contributed by atoms with Gasteiger partial charge in [0, 0.05) is 24.8 Å².